The smallest absolute Gasteiger partial charge is 0.296 e. The van der Waals surface area contributed by atoms with Crippen LogP contribution in [0.2, 0.25) is 0 Å². The largest absolute Gasteiger partial charge is 0.370 e. The van der Waals surface area contributed by atoms with E-state index < -0.39 is 16.0 Å². The number of guanidine groups is 1. The number of aromatic amines is 1. The number of aliphatic imine (C=N–C) groups is 1. The first-order chi connectivity index (χ1) is 11.2. The van der Waals surface area contributed by atoms with E-state index in [-0.39, 0.29) is 5.96 Å². The maximum atomic E-state index is 12.1. The van der Waals surface area contributed by atoms with Gasteiger partial charge in [-0.1, -0.05) is 24.3 Å². The number of hydrogen-bond acceptors (Lipinski definition) is 3. The molecule has 1 aliphatic carbocycles. The highest BCUT2D eigenvalue weighted by atomic mass is 32.2. The first-order valence-electron chi connectivity index (χ1n) is 7.03. The molecule has 3 rings (SSSR count). The van der Waals surface area contributed by atoms with Gasteiger partial charge in [0, 0.05) is 10.9 Å². The van der Waals surface area contributed by atoms with Crippen LogP contribution in [0.3, 0.4) is 0 Å². The van der Waals surface area contributed by atoms with E-state index in [0.717, 1.165) is 34.9 Å². The highest BCUT2D eigenvalue weighted by Gasteiger charge is 2.19. The third-order valence-corrected chi connectivity index (χ3v) is 3.26. The summed E-state index contributed by atoms with van der Waals surface area (Å²) < 4.78 is 25.9. The van der Waals surface area contributed by atoms with Gasteiger partial charge in [-0.3, -0.25) is 9.35 Å². The molecule has 0 bridgehead atoms. The van der Waals surface area contributed by atoms with E-state index in [1.807, 2.05) is 18.2 Å². The molecule has 0 unspecified atom stereocenters. The van der Waals surface area contributed by atoms with Crippen LogP contribution in [0.15, 0.2) is 29.3 Å². The van der Waals surface area contributed by atoms with Crippen LogP contribution in [0.25, 0.3) is 17.0 Å². The van der Waals surface area contributed by atoms with Gasteiger partial charge in [-0.25, -0.2) is 0 Å². The molecule has 1 aromatic carbocycles. The fourth-order valence-corrected chi connectivity index (χ4v) is 2.53. The van der Waals surface area contributed by atoms with Crippen LogP contribution in [0.5, 0.6) is 0 Å². The Labute approximate surface area is 139 Å². The molecular weight excluding hydrogens is 332 g/mol. The van der Waals surface area contributed by atoms with Gasteiger partial charge in [0.05, 0.1) is 6.26 Å². The number of benzene rings is 1. The fourth-order valence-electron chi connectivity index (χ4n) is 2.53. The SMILES string of the molecule is CS(=O)(=O)O.NC(N)=NC(=O)c1[nH]c2cccc3c2c1CCC=C3. The maximum absolute atomic E-state index is 12.1. The highest BCUT2D eigenvalue weighted by molar-refractivity contribution is 7.85. The minimum Gasteiger partial charge on any atom is -0.370 e. The number of rotatable bonds is 1. The third kappa shape index (κ3) is 4.43. The first kappa shape index (κ1) is 17.7. The molecule has 6 N–H and O–H groups in total. The molecule has 2 aromatic rings. The molecule has 8 nitrogen and oxygen atoms in total. The number of aromatic nitrogens is 1. The van der Waals surface area contributed by atoms with Crippen LogP contribution in [-0.4, -0.2) is 36.1 Å². The van der Waals surface area contributed by atoms with Crippen LogP contribution in [0.4, 0.5) is 0 Å². The summed E-state index contributed by atoms with van der Waals surface area (Å²) >= 11 is 0. The van der Waals surface area contributed by atoms with Crippen molar-refractivity contribution in [3.8, 4) is 0 Å². The Hall–Kier alpha value is -2.65. The zero-order chi connectivity index (χ0) is 17.9. The highest BCUT2D eigenvalue weighted by Crippen LogP contribution is 2.30. The van der Waals surface area contributed by atoms with Crippen molar-refractivity contribution >= 4 is 39.0 Å². The molecule has 0 atom stereocenters. The second-order valence-corrected chi connectivity index (χ2v) is 6.73. The van der Waals surface area contributed by atoms with E-state index in [9.17, 15) is 13.2 Å². The summed E-state index contributed by atoms with van der Waals surface area (Å²) in [5.74, 6) is -0.637. The summed E-state index contributed by atoms with van der Waals surface area (Å²) in [5.41, 5.74) is 14.1. The number of nitrogens with two attached hydrogens (primary N) is 2. The molecule has 1 aliphatic rings. The predicted octanol–water partition coefficient (Wildman–Crippen LogP) is 1.04. The minimum absolute atomic E-state index is 0.220. The van der Waals surface area contributed by atoms with Crippen LogP contribution in [0, 0.1) is 0 Å². The van der Waals surface area contributed by atoms with E-state index in [1.54, 1.807) is 0 Å². The lowest BCUT2D eigenvalue weighted by molar-refractivity contribution is 0.0998. The Morgan fingerprint density at radius 3 is 2.62 bits per heavy atom. The van der Waals surface area contributed by atoms with E-state index in [2.05, 4.69) is 22.1 Å². The Morgan fingerprint density at radius 1 is 1.33 bits per heavy atom. The first-order valence-corrected chi connectivity index (χ1v) is 8.88. The van der Waals surface area contributed by atoms with E-state index >= 15 is 0 Å². The number of nitrogens with one attached hydrogen (secondary N) is 1. The molecular formula is C15H18N4O4S. The lowest BCUT2D eigenvalue weighted by Gasteiger charge is -2.00. The standard InChI is InChI=1S/C14H14N4O.CH4O3S/c15-14(16)18-13(19)12-9-6-2-1-4-8-5-3-7-10(17-12)11(8)9;1-5(2,3)4/h1,3-5,7,17H,2,6H2,(H4,15,16,18,19);1H3,(H,2,3,4). The van der Waals surface area contributed by atoms with Gasteiger partial charge in [0.1, 0.15) is 5.69 Å². The number of allylic oxidation sites excluding steroid dienone is 1. The van der Waals surface area contributed by atoms with Crippen molar-refractivity contribution in [2.45, 2.75) is 12.8 Å². The molecule has 0 spiro atoms. The normalized spacial score (nSPS) is 12.9. The molecule has 0 saturated heterocycles. The second kappa shape index (κ2) is 6.85. The Kier molecular flexibility index (Phi) is 5.05. The summed E-state index contributed by atoms with van der Waals surface area (Å²) in [6.45, 7) is 0. The second-order valence-electron chi connectivity index (χ2n) is 5.26. The fraction of sp³-hybridized carbons (Fsp3) is 0.200. The lowest BCUT2D eigenvalue weighted by Crippen LogP contribution is -2.24. The molecule has 0 fully saturated rings. The number of nitrogens with zero attached hydrogens (tertiary/aromatic N) is 1. The third-order valence-electron chi connectivity index (χ3n) is 3.26. The minimum atomic E-state index is -3.67. The van der Waals surface area contributed by atoms with Gasteiger partial charge in [-0.2, -0.15) is 13.4 Å². The van der Waals surface area contributed by atoms with Crippen molar-refractivity contribution in [3.05, 3.63) is 41.1 Å². The average Bonchev–Trinajstić information content (AvgIpc) is 2.66. The summed E-state index contributed by atoms with van der Waals surface area (Å²) in [7, 11) is -3.67. The van der Waals surface area contributed by atoms with Crippen LogP contribution >= 0.6 is 0 Å². The van der Waals surface area contributed by atoms with Crippen LogP contribution in [-0.2, 0) is 16.5 Å². The summed E-state index contributed by atoms with van der Waals surface area (Å²) in [6, 6.07) is 5.95. The van der Waals surface area contributed by atoms with Crippen molar-refractivity contribution in [2.75, 3.05) is 6.26 Å². The van der Waals surface area contributed by atoms with Gasteiger partial charge in [0.25, 0.3) is 16.0 Å². The Balaban J connectivity index is 0.000000368. The number of amides is 1. The molecule has 0 saturated carbocycles. The van der Waals surface area contributed by atoms with Gasteiger partial charge >= 0.3 is 0 Å². The number of hydrogen-bond donors (Lipinski definition) is 4. The zero-order valence-corrected chi connectivity index (χ0v) is 13.8. The van der Waals surface area contributed by atoms with Gasteiger partial charge in [-0.15, -0.1) is 0 Å². The van der Waals surface area contributed by atoms with E-state index in [4.69, 9.17) is 16.0 Å². The van der Waals surface area contributed by atoms with Crippen molar-refractivity contribution < 1.29 is 17.8 Å². The van der Waals surface area contributed by atoms with Crippen molar-refractivity contribution in [3.63, 3.8) is 0 Å². The van der Waals surface area contributed by atoms with Gasteiger partial charge in [-0.05, 0) is 30.0 Å². The van der Waals surface area contributed by atoms with Crippen molar-refractivity contribution in [1.82, 2.24) is 4.98 Å². The quantitative estimate of drug-likeness (QED) is 0.343. The molecule has 1 amide bonds. The molecule has 9 heteroatoms. The van der Waals surface area contributed by atoms with E-state index in [0.29, 0.717) is 11.9 Å². The van der Waals surface area contributed by atoms with Crippen LogP contribution in [0.1, 0.15) is 28.0 Å². The molecule has 0 radical (unpaired) electrons. The summed E-state index contributed by atoms with van der Waals surface area (Å²) in [5, 5.41) is 1.09. The number of aryl methyl sites for hydroxylation is 1. The Morgan fingerprint density at radius 2 is 2.00 bits per heavy atom. The molecule has 1 heterocycles. The zero-order valence-electron chi connectivity index (χ0n) is 13.0. The lowest BCUT2D eigenvalue weighted by atomic mass is 10.0. The monoisotopic (exact) mass is 350 g/mol. The molecule has 24 heavy (non-hydrogen) atoms. The Bertz CT molecular complexity index is 930. The maximum Gasteiger partial charge on any atom is 0.296 e. The molecule has 1 aromatic heterocycles. The van der Waals surface area contributed by atoms with Gasteiger partial charge in [0.15, 0.2) is 5.96 Å². The van der Waals surface area contributed by atoms with Gasteiger partial charge < -0.3 is 16.5 Å². The topological polar surface area (TPSA) is 152 Å². The summed E-state index contributed by atoms with van der Waals surface area (Å²) in [4.78, 5) is 18.8. The number of carbonyl (C=O) groups excluding carboxylic acids is 1. The van der Waals surface area contributed by atoms with Crippen molar-refractivity contribution in [2.24, 2.45) is 16.5 Å². The van der Waals surface area contributed by atoms with Crippen LogP contribution < -0.4 is 11.5 Å². The van der Waals surface area contributed by atoms with Crippen molar-refractivity contribution in [1.29, 1.82) is 0 Å². The summed E-state index contributed by atoms with van der Waals surface area (Å²) in [6.07, 6.45) is 6.61. The van der Waals surface area contributed by atoms with E-state index in [1.165, 1.54) is 0 Å². The molecule has 128 valence electrons. The number of carbonyl (C=O) groups is 1. The average molecular weight is 350 g/mol. The van der Waals surface area contributed by atoms with Gasteiger partial charge in [0.2, 0.25) is 0 Å². The number of H-pyrrole nitrogens is 1. The predicted molar refractivity (Wildman–Crippen MR) is 93.3 cm³/mol. The molecule has 0 aliphatic heterocycles.